The molecule has 2 rings (SSSR count). The van der Waals surface area contributed by atoms with Crippen molar-refractivity contribution in [1.29, 1.82) is 0 Å². The van der Waals surface area contributed by atoms with Crippen molar-refractivity contribution in [3.63, 3.8) is 0 Å². The quantitative estimate of drug-likeness (QED) is 0.439. The molecule has 2 aromatic carbocycles. The van der Waals surface area contributed by atoms with Gasteiger partial charge in [-0.15, -0.1) is 0 Å². The maximum atomic E-state index is 13.9. The molecule has 2 aromatic rings. The molecule has 0 saturated heterocycles. The van der Waals surface area contributed by atoms with Gasteiger partial charge in [-0.1, -0.05) is 35.3 Å². The number of rotatable bonds is 5. The first kappa shape index (κ1) is 17.3. The average Bonchev–Trinajstić information content (AvgIpc) is 2.48. The van der Waals surface area contributed by atoms with Gasteiger partial charge in [-0.05, 0) is 30.3 Å². The SMILES string of the molecule is CN(C)/C=C(/Oc1ccc(Cl)cc1F)C(=O)c1ccccc1Cl. The van der Waals surface area contributed by atoms with E-state index in [-0.39, 0.29) is 22.1 Å². The van der Waals surface area contributed by atoms with Crippen LogP contribution >= 0.6 is 23.2 Å². The highest BCUT2D eigenvalue weighted by Gasteiger charge is 2.19. The Labute approximate surface area is 143 Å². The van der Waals surface area contributed by atoms with Gasteiger partial charge in [0.25, 0.3) is 0 Å². The minimum absolute atomic E-state index is 0.0516. The van der Waals surface area contributed by atoms with E-state index in [0.717, 1.165) is 6.07 Å². The van der Waals surface area contributed by atoms with Crippen molar-refractivity contribution in [3.05, 3.63) is 75.8 Å². The van der Waals surface area contributed by atoms with Crippen LogP contribution in [0.25, 0.3) is 0 Å². The van der Waals surface area contributed by atoms with Crippen LogP contribution in [0, 0.1) is 5.82 Å². The number of ketones is 1. The van der Waals surface area contributed by atoms with Crippen LogP contribution in [0.15, 0.2) is 54.4 Å². The topological polar surface area (TPSA) is 29.5 Å². The predicted octanol–water partition coefficient (Wildman–Crippen LogP) is 4.80. The molecule has 0 atom stereocenters. The first-order valence-corrected chi connectivity index (χ1v) is 7.44. The zero-order chi connectivity index (χ0) is 17.0. The number of carbonyl (C=O) groups is 1. The highest BCUT2D eigenvalue weighted by Crippen LogP contribution is 2.25. The Bertz CT molecular complexity index is 760. The maximum absolute atomic E-state index is 13.9. The molecule has 0 N–H and O–H groups in total. The minimum atomic E-state index is -0.658. The molecule has 0 aromatic heterocycles. The van der Waals surface area contributed by atoms with E-state index in [0.29, 0.717) is 5.02 Å². The minimum Gasteiger partial charge on any atom is -0.449 e. The van der Waals surface area contributed by atoms with Gasteiger partial charge in [0.15, 0.2) is 17.3 Å². The van der Waals surface area contributed by atoms with Crippen molar-refractivity contribution >= 4 is 29.0 Å². The van der Waals surface area contributed by atoms with E-state index >= 15 is 0 Å². The third-order valence-corrected chi connectivity index (χ3v) is 3.40. The largest absolute Gasteiger partial charge is 0.449 e. The molecular formula is C17H14Cl2FNO2. The summed E-state index contributed by atoms with van der Waals surface area (Å²) in [7, 11) is 3.45. The van der Waals surface area contributed by atoms with E-state index in [1.165, 1.54) is 18.3 Å². The standard InChI is InChI=1S/C17H14Cl2FNO2/c1-21(2)10-16(17(22)12-5-3-4-6-13(12)19)23-15-8-7-11(18)9-14(15)20/h3-10H,1-2H3/b16-10+. The summed E-state index contributed by atoms with van der Waals surface area (Å²) in [4.78, 5) is 14.3. The molecule has 120 valence electrons. The van der Waals surface area contributed by atoms with E-state index < -0.39 is 11.6 Å². The Morgan fingerprint density at radius 3 is 2.48 bits per heavy atom. The molecule has 23 heavy (non-hydrogen) atoms. The summed E-state index contributed by atoms with van der Waals surface area (Å²) in [5.41, 5.74) is 0.275. The van der Waals surface area contributed by atoms with Crippen LogP contribution in [-0.4, -0.2) is 24.8 Å². The summed E-state index contributed by atoms with van der Waals surface area (Å²) in [6.45, 7) is 0. The van der Waals surface area contributed by atoms with Gasteiger partial charge in [-0.3, -0.25) is 4.79 Å². The van der Waals surface area contributed by atoms with Gasteiger partial charge in [-0.2, -0.15) is 0 Å². The molecule has 0 unspecified atom stereocenters. The molecule has 0 aliphatic carbocycles. The summed E-state index contributed by atoms with van der Waals surface area (Å²) < 4.78 is 19.4. The molecule has 0 saturated carbocycles. The Balaban J connectivity index is 2.38. The fraction of sp³-hybridized carbons (Fsp3) is 0.118. The van der Waals surface area contributed by atoms with Gasteiger partial charge < -0.3 is 9.64 Å². The van der Waals surface area contributed by atoms with Crippen LogP contribution in [0.4, 0.5) is 4.39 Å². The van der Waals surface area contributed by atoms with Crippen LogP contribution in [0.2, 0.25) is 10.0 Å². The first-order valence-electron chi connectivity index (χ1n) is 6.69. The smallest absolute Gasteiger partial charge is 0.231 e. The maximum Gasteiger partial charge on any atom is 0.231 e. The Morgan fingerprint density at radius 2 is 1.87 bits per heavy atom. The second-order valence-corrected chi connectivity index (χ2v) is 5.79. The van der Waals surface area contributed by atoms with E-state index in [1.807, 2.05) is 0 Å². The lowest BCUT2D eigenvalue weighted by molar-refractivity contribution is 0.0981. The summed E-state index contributed by atoms with van der Waals surface area (Å²) in [5.74, 6) is -1.25. The number of halogens is 3. The Kier molecular flexibility index (Phi) is 5.64. The van der Waals surface area contributed by atoms with E-state index in [4.69, 9.17) is 27.9 Å². The van der Waals surface area contributed by atoms with Crippen LogP contribution in [0.1, 0.15) is 10.4 Å². The summed E-state index contributed by atoms with van der Waals surface area (Å²) in [6.07, 6.45) is 1.46. The molecule has 0 fully saturated rings. The normalized spacial score (nSPS) is 11.3. The number of Topliss-reactive ketones (excluding diaryl/α,β-unsaturated/α-hetero) is 1. The van der Waals surface area contributed by atoms with Gasteiger partial charge in [0.1, 0.15) is 0 Å². The van der Waals surface area contributed by atoms with Crippen molar-refractivity contribution in [2.45, 2.75) is 0 Å². The lowest BCUT2D eigenvalue weighted by Gasteiger charge is -2.14. The molecule has 6 heteroatoms. The molecule has 0 aliphatic heterocycles. The number of ether oxygens (including phenoxy) is 1. The molecule has 0 heterocycles. The van der Waals surface area contributed by atoms with E-state index in [1.54, 1.807) is 43.3 Å². The third kappa shape index (κ3) is 4.47. The summed E-state index contributed by atoms with van der Waals surface area (Å²) in [5, 5.41) is 0.535. The predicted molar refractivity (Wildman–Crippen MR) is 89.6 cm³/mol. The second-order valence-electron chi connectivity index (χ2n) is 4.94. The van der Waals surface area contributed by atoms with Crippen LogP contribution in [0.5, 0.6) is 5.75 Å². The van der Waals surface area contributed by atoms with Crippen molar-refractivity contribution < 1.29 is 13.9 Å². The first-order chi connectivity index (χ1) is 10.9. The average molecular weight is 354 g/mol. The van der Waals surface area contributed by atoms with Gasteiger partial charge >= 0.3 is 0 Å². The number of hydrogen-bond acceptors (Lipinski definition) is 3. The molecule has 0 radical (unpaired) electrons. The molecular weight excluding hydrogens is 340 g/mol. The molecule has 3 nitrogen and oxygen atoms in total. The van der Waals surface area contributed by atoms with Gasteiger partial charge in [0.2, 0.25) is 5.78 Å². The van der Waals surface area contributed by atoms with E-state index in [2.05, 4.69) is 0 Å². The van der Waals surface area contributed by atoms with Crippen molar-refractivity contribution in [2.75, 3.05) is 14.1 Å². The van der Waals surface area contributed by atoms with Crippen molar-refractivity contribution in [1.82, 2.24) is 4.90 Å². The van der Waals surface area contributed by atoms with E-state index in [9.17, 15) is 9.18 Å². The number of benzene rings is 2. The van der Waals surface area contributed by atoms with Gasteiger partial charge in [-0.25, -0.2) is 4.39 Å². The summed E-state index contributed by atoms with van der Waals surface area (Å²) in [6, 6.07) is 10.5. The van der Waals surface area contributed by atoms with Crippen molar-refractivity contribution in [2.24, 2.45) is 0 Å². The highest BCUT2D eigenvalue weighted by molar-refractivity contribution is 6.34. The summed E-state index contributed by atoms with van der Waals surface area (Å²) >= 11 is 11.8. The Hall–Kier alpha value is -2.04. The number of carbonyl (C=O) groups excluding carboxylic acids is 1. The lowest BCUT2D eigenvalue weighted by Crippen LogP contribution is -2.15. The third-order valence-electron chi connectivity index (χ3n) is 2.83. The molecule has 0 spiro atoms. The molecule has 0 bridgehead atoms. The zero-order valence-corrected chi connectivity index (χ0v) is 14.0. The fourth-order valence-electron chi connectivity index (χ4n) is 1.82. The highest BCUT2D eigenvalue weighted by atomic mass is 35.5. The molecule has 0 aliphatic rings. The monoisotopic (exact) mass is 353 g/mol. The van der Waals surface area contributed by atoms with Crippen LogP contribution < -0.4 is 4.74 Å². The van der Waals surface area contributed by atoms with Crippen LogP contribution in [0.3, 0.4) is 0 Å². The Morgan fingerprint density at radius 1 is 1.17 bits per heavy atom. The lowest BCUT2D eigenvalue weighted by atomic mass is 10.1. The van der Waals surface area contributed by atoms with Gasteiger partial charge in [0, 0.05) is 30.9 Å². The second kappa shape index (κ2) is 7.49. The molecule has 0 amide bonds. The van der Waals surface area contributed by atoms with Gasteiger partial charge in [0.05, 0.1) is 5.02 Å². The zero-order valence-electron chi connectivity index (χ0n) is 12.5. The number of nitrogens with zero attached hydrogens (tertiary/aromatic N) is 1. The number of hydrogen-bond donors (Lipinski definition) is 0. The van der Waals surface area contributed by atoms with Crippen molar-refractivity contribution in [3.8, 4) is 5.75 Å². The number of allylic oxidation sites excluding steroid dienone is 1. The fourth-order valence-corrected chi connectivity index (χ4v) is 2.20. The van der Waals surface area contributed by atoms with Crippen LogP contribution in [-0.2, 0) is 0 Å².